The lowest BCUT2D eigenvalue weighted by Crippen LogP contribution is -2.30. The minimum absolute atomic E-state index is 0.0444. The van der Waals surface area contributed by atoms with Crippen LogP contribution in [0, 0.1) is 5.41 Å². The van der Waals surface area contributed by atoms with E-state index < -0.39 is 5.97 Å². The van der Waals surface area contributed by atoms with Crippen LogP contribution < -0.4 is 5.32 Å². The molecule has 19 heavy (non-hydrogen) atoms. The fourth-order valence-corrected chi connectivity index (χ4v) is 3.49. The van der Waals surface area contributed by atoms with Gasteiger partial charge in [0, 0.05) is 10.3 Å². The highest BCUT2D eigenvalue weighted by atomic mass is 32.1. The SMILES string of the molecule is CCc1cc(C(=O)O)c(NC(=O)C2(C)CCCC2)s1. The van der Waals surface area contributed by atoms with Crippen LogP contribution in [0.1, 0.15) is 54.8 Å². The van der Waals surface area contributed by atoms with Gasteiger partial charge in [0.05, 0.1) is 5.56 Å². The van der Waals surface area contributed by atoms with Crippen LogP contribution in [0.2, 0.25) is 0 Å². The van der Waals surface area contributed by atoms with Crippen molar-refractivity contribution in [1.29, 1.82) is 0 Å². The molecule has 0 radical (unpaired) electrons. The van der Waals surface area contributed by atoms with Crippen LogP contribution in [0.5, 0.6) is 0 Å². The van der Waals surface area contributed by atoms with E-state index in [1.165, 1.54) is 11.3 Å². The molecule has 1 saturated carbocycles. The Morgan fingerprint density at radius 3 is 2.58 bits per heavy atom. The van der Waals surface area contributed by atoms with Crippen molar-refractivity contribution in [2.24, 2.45) is 5.41 Å². The molecule has 0 spiro atoms. The number of aromatic carboxylic acids is 1. The number of anilines is 1. The summed E-state index contributed by atoms with van der Waals surface area (Å²) in [7, 11) is 0. The maximum Gasteiger partial charge on any atom is 0.338 e. The van der Waals surface area contributed by atoms with E-state index in [0.29, 0.717) is 5.00 Å². The molecule has 1 aromatic rings. The first-order chi connectivity index (χ1) is 8.96. The number of carboxylic acid groups (broad SMARTS) is 1. The number of carbonyl (C=O) groups excluding carboxylic acids is 1. The van der Waals surface area contributed by atoms with Crippen molar-refractivity contribution in [1.82, 2.24) is 0 Å². The molecule has 0 saturated heterocycles. The second kappa shape index (κ2) is 5.33. The minimum Gasteiger partial charge on any atom is -0.478 e. The monoisotopic (exact) mass is 281 g/mol. The van der Waals surface area contributed by atoms with Gasteiger partial charge in [-0.15, -0.1) is 11.3 Å². The van der Waals surface area contributed by atoms with E-state index in [4.69, 9.17) is 0 Å². The van der Waals surface area contributed by atoms with E-state index in [1.807, 2.05) is 13.8 Å². The van der Waals surface area contributed by atoms with E-state index in [9.17, 15) is 14.7 Å². The zero-order valence-corrected chi connectivity index (χ0v) is 12.1. The van der Waals surface area contributed by atoms with Crippen LogP contribution in [-0.2, 0) is 11.2 Å². The molecule has 4 nitrogen and oxygen atoms in total. The van der Waals surface area contributed by atoms with Crippen LogP contribution in [0.3, 0.4) is 0 Å². The van der Waals surface area contributed by atoms with Gasteiger partial charge >= 0.3 is 5.97 Å². The third-order valence-electron chi connectivity index (χ3n) is 3.84. The van der Waals surface area contributed by atoms with Crippen LogP contribution in [0.15, 0.2) is 6.07 Å². The average molecular weight is 281 g/mol. The second-order valence-corrected chi connectivity index (χ2v) is 6.47. The number of amides is 1. The normalized spacial score (nSPS) is 17.4. The summed E-state index contributed by atoms with van der Waals surface area (Å²) in [5, 5.41) is 12.5. The average Bonchev–Trinajstić information content (AvgIpc) is 2.96. The molecule has 0 aromatic carbocycles. The predicted molar refractivity (Wildman–Crippen MR) is 75.9 cm³/mol. The minimum atomic E-state index is -0.983. The first kappa shape index (κ1) is 14.1. The second-order valence-electron chi connectivity index (χ2n) is 5.34. The number of hydrogen-bond acceptors (Lipinski definition) is 3. The molecule has 0 atom stereocenters. The smallest absolute Gasteiger partial charge is 0.338 e. The molecule has 5 heteroatoms. The Hall–Kier alpha value is -1.36. The molecule has 104 valence electrons. The molecule has 1 fully saturated rings. The van der Waals surface area contributed by atoms with E-state index in [-0.39, 0.29) is 16.9 Å². The van der Waals surface area contributed by atoms with E-state index in [2.05, 4.69) is 5.32 Å². The van der Waals surface area contributed by atoms with Gasteiger partial charge < -0.3 is 10.4 Å². The number of carboxylic acids is 1. The number of rotatable bonds is 4. The van der Waals surface area contributed by atoms with Gasteiger partial charge in [0.25, 0.3) is 0 Å². The Morgan fingerprint density at radius 1 is 1.42 bits per heavy atom. The Labute approximate surface area is 116 Å². The van der Waals surface area contributed by atoms with Crippen LogP contribution in [0.25, 0.3) is 0 Å². The van der Waals surface area contributed by atoms with Crippen molar-refractivity contribution in [2.45, 2.75) is 46.0 Å². The van der Waals surface area contributed by atoms with Crippen molar-refractivity contribution >= 4 is 28.2 Å². The molecule has 1 aromatic heterocycles. The molecule has 0 aliphatic heterocycles. The van der Waals surface area contributed by atoms with Crippen molar-refractivity contribution in [3.63, 3.8) is 0 Å². The van der Waals surface area contributed by atoms with E-state index in [0.717, 1.165) is 37.0 Å². The van der Waals surface area contributed by atoms with Gasteiger partial charge in [-0.2, -0.15) is 0 Å². The molecular formula is C14H19NO3S. The fraction of sp³-hybridized carbons (Fsp3) is 0.571. The number of thiophene rings is 1. The fourth-order valence-electron chi connectivity index (χ4n) is 2.50. The number of nitrogens with one attached hydrogen (secondary N) is 1. The molecule has 1 amide bonds. The lowest BCUT2D eigenvalue weighted by molar-refractivity contribution is -0.124. The zero-order chi connectivity index (χ0) is 14.0. The van der Waals surface area contributed by atoms with Crippen molar-refractivity contribution < 1.29 is 14.7 Å². The first-order valence-electron chi connectivity index (χ1n) is 6.64. The van der Waals surface area contributed by atoms with Crippen molar-refractivity contribution in [2.75, 3.05) is 5.32 Å². The molecule has 0 unspecified atom stereocenters. The summed E-state index contributed by atoms with van der Waals surface area (Å²) in [6.45, 7) is 3.94. The van der Waals surface area contributed by atoms with E-state index >= 15 is 0 Å². The van der Waals surface area contributed by atoms with Gasteiger partial charge in [0.1, 0.15) is 5.00 Å². The zero-order valence-electron chi connectivity index (χ0n) is 11.3. The summed E-state index contributed by atoms with van der Waals surface area (Å²) in [6, 6.07) is 1.65. The highest BCUT2D eigenvalue weighted by Crippen LogP contribution is 2.39. The Bertz CT molecular complexity index is 501. The van der Waals surface area contributed by atoms with E-state index in [1.54, 1.807) is 6.07 Å². The third-order valence-corrected chi connectivity index (χ3v) is 5.04. The maximum atomic E-state index is 12.3. The molecular weight excluding hydrogens is 262 g/mol. The van der Waals surface area contributed by atoms with Crippen LogP contribution in [0.4, 0.5) is 5.00 Å². The molecule has 2 N–H and O–H groups in total. The molecule has 0 bridgehead atoms. The highest BCUT2D eigenvalue weighted by Gasteiger charge is 2.36. The molecule has 1 aliphatic rings. The topological polar surface area (TPSA) is 66.4 Å². The van der Waals surface area contributed by atoms with Gasteiger partial charge in [-0.3, -0.25) is 4.79 Å². The molecule has 1 heterocycles. The Balaban J connectivity index is 2.20. The van der Waals surface area contributed by atoms with Crippen molar-refractivity contribution in [3.05, 3.63) is 16.5 Å². The quantitative estimate of drug-likeness (QED) is 0.887. The molecule has 1 aliphatic carbocycles. The largest absolute Gasteiger partial charge is 0.478 e. The molecule has 2 rings (SSSR count). The Morgan fingerprint density at radius 2 is 2.05 bits per heavy atom. The van der Waals surface area contributed by atoms with Gasteiger partial charge in [0.15, 0.2) is 0 Å². The van der Waals surface area contributed by atoms with Gasteiger partial charge in [-0.1, -0.05) is 26.7 Å². The number of carbonyl (C=O) groups is 2. The lowest BCUT2D eigenvalue weighted by atomic mass is 9.88. The number of aryl methyl sites for hydroxylation is 1. The van der Waals surface area contributed by atoms with Crippen LogP contribution >= 0.6 is 11.3 Å². The van der Waals surface area contributed by atoms with Gasteiger partial charge in [-0.25, -0.2) is 4.79 Å². The summed E-state index contributed by atoms with van der Waals surface area (Å²) in [6.07, 6.45) is 4.68. The third kappa shape index (κ3) is 2.81. The standard InChI is InChI=1S/C14H19NO3S/c1-3-9-8-10(12(16)17)11(19-9)15-13(18)14(2)6-4-5-7-14/h8H,3-7H2,1-2H3,(H,15,18)(H,16,17). The number of hydrogen-bond donors (Lipinski definition) is 2. The first-order valence-corrected chi connectivity index (χ1v) is 7.45. The lowest BCUT2D eigenvalue weighted by Gasteiger charge is -2.21. The summed E-state index contributed by atoms with van der Waals surface area (Å²) in [5.74, 6) is -1.03. The maximum absolute atomic E-state index is 12.3. The predicted octanol–water partition coefficient (Wildman–Crippen LogP) is 3.53. The van der Waals surface area contributed by atoms with Gasteiger partial charge in [0.2, 0.25) is 5.91 Å². The summed E-state index contributed by atoms with van der Waals surface area (Å²) in [5.41, 5.74) is -0.136. The Kier molecular flexibility index (Phi) is 3.94. The van der Waals surface area contributed by atoms with Crippen LogP contribution in [-0.4, -0.2) is 17.0 Å². The highest BCUT2D eigenvalue weighted by molar-refractivity contribution is 7.16. The summed E-state index contributed by atoms with van der Waals surface area (Å²) >= 11 is 1.36. The van der Waals surface area contributed by atoms with Crippen molar-refractivity contribution in [3.8, 4) is 0 Å². The summed E-state index contributed by atoms with van der Waals surface area (Å²) < 4.78 is 0. The van der Waals surface area contributed by atoms with Gasteiger partial charge in [-0.05, 0) is 25.3 Å². The summed E-state index contributed by atoms with van der Waals surface area (Å²) in [4.78, 5) is 24.5.